The second-order valence-electron chi connectivity index (χ2n) is 6.96. The van der Waals surface area contributed by atoms with E-state index < -0.39 is 12.1 Å². The lowest BCUT2D eigenvalue weighted by atomic mass is 10.0. The highest BCUT2D eigenvalue weighted by Gasteiger charge is 2.26. The van der Waals surface area contributed by atoms with Crippen LogP contribution in [0.2, 0.25) is 0 Å². The van der Waals surface area contributed by atoms with Crippen molar-refractivity contribution in [3.8, 4) is 5.75 Å². The van der Waals surface area contributed by atoms with Crippen LogP contribution in [0.4, 0.5) is 0 Å². The smallest absolute Gasteiger partial charge is 0.339 e. The zero-order valence-corrected chi connectivity index (χ0v) is 17.3. The molecular weight excluding hydrogens is 382 g/mol. The Kier molecular flexibility index (Phi) is 6.16. The molecule has 0 unspecified atom stereocenters. The number of benzene rings is 2. The van der Waals surface area contributed by atoms with Crippen LogP contribution in [0.1, 0.15) is 54.9 Å². The molecule has 1 aromatic heterocycles. The molecule has 0 saturated carbocycles. The molecule has 0 bridgehead atoms. The van der Waals surface area contributed by atoms with Gasteiger partial charge >= 0.3 is 5.97 Å². The van der Waals surface area contributed by atoms with Crippen LogP contribution in [-0.4, -0.2) is 35.7 Å². The quantitative estimate of drug-likeness (QED) is 0.468. The fourth-order valence-electron chi connectivity index (χ4n) is 3.31. The molecule has 1 N–H and O–H groups in total. The van der Waals surface area contributed by atoms with Crippen molar-refractivity contribution in [1.29, 1.82) is 0 Å². The number of aromatic nitrogens is 1. The second kappa shape index (κ2) is 8.78. The van der Waals surface area contributed by atoms with Crippen molar-refractivity contribution in [3.63, 3.8) is 0 Å². The van der Waals surface area contributed by atoms with Crippen molar-refractivity contribution in [3.05, 3.63) is 88.2 Å². The maximum Gasteiger partial charge on any atom is 0.339 e. The van der Waals surface area contributed by atoms with Gasteiger partial charge < -0.3 is 14.5 Å². The molecule has 1 atom stereocenters. The highest BCUT2D eigenvalue weighted by atomic mass is 16.5. The van der Waals surface area contributed by atoms with Crippen molar-refractivity contribution in [2.75, 3.05) is 7.11 Å². The molecule has 3 aromatic rings. The number of carbonyl (C=O) groups is 3. The van der Waals surface area contributed by atoms with Crippen LogP contribution in [0.25, 0.3) is 0 Å². The summed E-state index contributed by atoms with van der Waals surface area (Å²) in [6, 6.07) is 15.7. The van der Waals surface area contributed by atoms with Crippen LogP contribution in [0.15, 0.2) is 54.6 Å². The molecule has 154 valence electrons. The number of nitrogens with one attached hydrogen (secondary N) is 1. The number of H-pyrrole nitrogens is 1. The summed E-state index contributed by atoms with van der Waals surface area (Å²) in [5.74, 6) is -0.392. The highest BCUT2D eigenvalue weighted by molar-refractivity contribution is 6.09. The zero-order chi connectivity index (χ0) is 21.8. The number of rotatable bonds is 7. The molecule has 0 amide bonds. The lowest BCUT2D eigenvalue weighted by Crippen LogP contribution is -2.25. The van der Waals surface area contributed by atoms with Gasteiger partial charge in [0.1, 0.15) is 5.75 Å². The number of esters is 1. The summed E-state index contributed by atoms with van der Waals surface area (Å²) in [6.07, 6.45) is -0.789. The number of ketones is 2. The molecule has 0 aliphatic carbocycles. The Hall–Kier alpha value is -3.67. The van der Waals surface area contributed by atoms with Crippen molar-refractivity contribution in [2.45, 2.75) is 26.9 Å². The Balaban J connectivity index is 1.73. The summed E-state index contributed by atoms with van der Waals surface area (Å²) in [5.41, 5.74) is 2.91. The molecular formula is C24H23NO5. The molecule has 3 rings (SSSR count). The van der Waals surface area contributed by atoms with Gasteiger partial charge in [0.25, 0.3) is 0 Å². The second-order valence-corrected chi connectivity index (χ2v) is 6.96. The summed E-state index contributed by atoms with van der Waals surface area (Å²) < 4.78 is 10.5. The van der Waals surface area contributed by atoms with Gasteiger partial charge in [-0.1, -0.05) is 30.3 Å². The van der Waals surface area contributed by atoms with E-state index in [1.54, 1.807) is 57.2 Å². The third-order valence-corrected chi connectivity index (χ3v) is 4.91. The van der Waals surface area contributed by atoms with Gasteiger partial charge in [-0.25, -0.2) is 4.79 Å². The van der Waals surface area contributed by atoms with Gasteiger partial charge in [0, 0.05) is 16.8 Å². The molecule has 2 aromatic carbocycles. The third kappa shape index (κ3) is 4.17. The van der Waals surface area contributed by atoms with Gasteiger partial charge in [-0.05, 0) is 50.6 Å². The van der Waals surface area contributed by atoms with Crippen molar-refractivity contribution in [2.24, 2.45) is 0 Å². The van der Waals surface area contributed by atoms with E-state index in [0.29, 0.717) is 39.4 Å². The molecule has 0 saturated heterocycles. The van der Waals surface area contributed by atoms with Crippen LogP contribution < -0.4 is 4.74 Å². The minimum Gasteiger partial charge on any atom is -0.483 e. The van der Waals surface area contributed by atoms with Crippen molar-refractivity contribution >= 4 is 17.5 Å². The first kappa shape index (κ1) is 21.0. The Morgan fingerprint density at radius 3 is 2.10 bits per heavy atom. The summed E-state index contributed by atoms with van der Waals surface area (Å²) in [4.78, 5) is 40.2. The lowest BCUT2D eigenvalue weighted by molar-refractivity contribution is 0.0599. The Labute approximate surface area is 174 Å². The molecule has 0 fully saturated rings. The minimum atomic E-state index is -0.789. The number of aryl methyl sites for hydroxylation is 1. The highest BCUT2D eigenvalue weighted by Crippen LogP contribution is 2.22. The van der Waals surface area contributed by atoms with E-state index in [2.05, 4.69) is 4.98 Å². The maximum absolute atomic E-state index is 12.8. The SMILES string of the molecule is COC(=O)c1c(C)[nH]c(C(=O)[C@@H](C)Oc2ccc(C(=O)c3ccccc3)cc2)c1C. The molecule has 1 heterocycles. The molecule has 6 nitrogen and oxygen atoms in total. The van der Waals surface area contributed by atoms with E-state index in [4.69, 9.17) is 9.47 Å². The Bertz CT molecular complexity index is 1080. The van der Waals surface area contributed by atoms with Crippen LogP contribution in [0.5, 0.6) is 5.75 Å². The van der Waals surface area contributed by atoms with Gasteiger partial charge in [0.15, 0.2) is 11.9 Å². The van der Waals surface area contributed by atoms with E-state index >= 15 is 0 Å². The van der Waals surface area contributed by atoms with E-state index in [1.807, 2.05) is 18.2 Å². The summed E-state index contributed by atoms with van der Waals surface area (Å²) >= 11 is 0. The minimum absolute atomic E-state index is 0.0842. The molecule has 6 heteroatoms. The Morgan fingerprint density at radius 1 is 0.900 bits per heavy atom. The van der Waals surface area contributed by atoms with E-state index in [0.717, 1.165) is 0 Å². The number of hydrogen-bond acceptors (Lipinski definition) is 5. The fraction of sp³-hybridized carbons (Fsp3) is 0.208. The number of hydrogen-bond donors (Lipinski definition) is 1. The van der Waals surface area contributed by atoms with Crippen LogP contribution in [0, 0.1) is 13.8 Å². The first-order valence-electron chi connectivity index (χ1n) is 9.51. The lowest BCUT2D eigenvalue weighted by Gasteiger charge is -2.14. The van der Waals surface area contributed by atoms with Gasteiger partial charge in [0.2, 0.25) is 5.78 Å². The van der Waals surface area contributed by atoms with Gasteiger partial charge in [-0.15, -0.1) is 0 Å². The van der Waals surface area contributed by atoms with Gasteiger partial charge in [0.05, 0.1) is 18.4 Å². The number of methoxy groups -OCH3 is 1. The molecule has 0 aliphatic heterocycles. The fourth-order valence-corrected chi connectivity index (χ4v) is 3.31. The topological polar surface area (TPSA) is 85.5 Å². The molecule has 0 radical (unpaired) electrons. The standard InChI is InChI=1S/C24H23NO5/c1-14-20(24(28)29-4)15(2)25-21(14)22(26)16(3)30-19-12-10-18(11-13-19)23(27)17-8-6-5-7-9-17/h5-13,16,25H,1-4H3/t16-/m1/s1. The first-order valence-corrected chi connectivity index (χ1v) is 9.51. The van der Waals surface area contributed by atoms with E-state index in [-0.39, 0.29) is 11.6 Å². The van der Waals surface area contributed by atoms with Crippen molar-refractivity contribution < 1.29 is 23.9 Å². The first-order chi connectivity index (χ1) is 14.3. The van der Waals surface area contributed by atoms with E-state index in [1.165, 1.54) is 7.11 Å². The average Bonchev–Trinajstić information content (AvgIpc) is 3.07. The maximum atomic E-state index is 12.8. The number of Topliss-reactive ketones (excluding diaryl/α,β-unsaturated/α-hetero) is 1. The number of ether oxygens (including phenoxy) is 2. The summed E-state index contributed by atoms with van der Waals surface area (Å²) in [7, 11) is 1.30. The summed E-state index contributed by atoms with van der Waals surface area (Å²) in [5, 5.41) is 0. The monoisotopic (exact) mass is 405 g/mol. The van der Waals surface area contributed by atoms with Crippen LogP contribution in [-0.2, 0) is 4.74 Å². The molecule has 0 aliphatic rings. The summed E-state index contributed by atoms with van der Waals surface area (Å²) in [6.45, 7) is 5.04. The van der Waals surface area contributed by atoms with Gasteiger partial charge in [-0.2, -0.15) is 0 Å². The predicted octanol–water partition coefficient (Wildman–Crippen LogP) is 4.30. The number of aromatic amines is 1. The number of carbonyl (C=O) groups excluding carboxylic acids is 3. The largest absolute Gasteiger partial charge is 0.483 e. The average molecular weight is 405 g/mol. The molecule has 0 spiro atoms. The van der Waals surface area contributed by atoms with Crippen molar-refractivity contribution in [1.82, 2.24) is 4.98 Å². The predicted molar refractivity (Wildman–Crippen MR) is 112 cm³/mol. The normalized spacial score (nSPS) is 11.6. The Morgan fingerprint density at radius 2 is 1.50 bits per heavy atom. The van der Waals surface area contributed by atoms with E-state index in [9.17, 15) is 14.4 Å². The third-order valence-electron chi connectivity index (χ3n) is 4.91. The molecule has 30 heavy (non-hydrogen) atoms. The van der Waals surface area contributed by atoms with Crippen LogP contribution >= 0.6 is 0 Å². The van der Waals surface area contributed by atoms with Gasteiger partial charge in [-0.3, -0.25) is 9.59 Å². The van der Waals surface area contributed by atoms with Crippen LogP contribution in [0.3, 0.4) is 0 Å². The zero-order valence-electron chi connectivity index (χ0n) is 17.3.